The van der Waals surface area contributed by atoms with Crippen LogP contribution in [0.15, 0.2) is 23.1 Å². The van der Waals surface area contributed by atoms with Crippen molar-refractivity contribution in [3.8, 4) is 0 Å². The number of hydrogen-bond donors (Lipinski definition) is 0. The molecule has 1 rings (SSSR count). The Morgan fingerprint density at radius 2 is 1.95 bits per heavy atom. The number of esters is 1. The minimum Gasteiger partial charge on any atom is -0.462 e. The van der Waals surface area contributed by atoms with Gasteiger partial charge in [0.2, 0.25) is 0 Å². The summed E-state index contributed by atoms with van der Waals surface area (Å²) in [5, 5.41) is 0. The number of methoxy groups -OCH3 is 1. The van der Waals surface area contributed by atoms with Gasteiger partial charge in [0, 0.05) is 17.8 Å². The number of carbonyl (C=O) groups excluding carboxylic acids is 1. The second-order valence-electron chi connectivity index (χ2n) is 5.05. The van der Waals surface area contributed by atoms with Crippen molar-refractivity contribution in [3.63, 3.8) is 0 Å². The van der Waals surface area contributed by atoms with Gasteiger partial charge >= 0.3 is 5.97 Å². The third kappa shape index (κ3) is 6.03. The smallest absolute Gasteiger partial charge is 0.338 e. The molecule has 5 nitrogen and oxygen atoms in total. The third-order valence-electron chi connectivity index (χ3n) is 2.72. The van der Waals surface area contributed by atoms with E-state index in [1.165, 1.54) is 25.3 Å². The molecule has 0 saturated heterocycles. The van der Waals surface area contributed by atoms with Gasteiger partial charge in [-0.05, 0) is 36.1 Å². The molecule has 0 atom stereocenters. The van der Waals surface area contributed by atoms with E-state index < -0.39 is 15.0 Å². The van der Waals surface area contributed by atoms with Crippen LogP contribution in [0, 0.1) is 5.92 Å². The van der Waals surface area contributed by atoms with Crippen molar-refractivity contribution in [1.29, 1.82) is 0 Å². The van der Waals surface area contributed by atoms with Crippen LogP contribution in [-0.4, -0.2) is 28.1 Å². The first-order chi connectivity index (χ1) is 9.74. The topological polar surface area (TPSA) is 69.7 Å². The summed E-state index contributed by atoms with van der Waals surface area (Å²) in [6.07, 6.45) is 0.740. The number of ether oxygens (including phenoxy) is 2. The van der Waals surface area contributed by atoms with Gasteiger partial charge in [0.1, 0.15) is 0 Å². The maximum Gasteiger partial charge on any atom is 0.338 e. The van der Waals surface area contributed by atoms with E-state index in [-0.39, 0.29) is 23.7 Å². The molecule has 118 valence electrons. The zero-order valence-corrected chi connectivity index (χ0v) is 13.8. The SMILES string of the molecule is COCc1cc(C(=O)OCCC(C)C)cc(S(=O)(=O)Cl)c1. The minimum absolute atomic E-state index is 0.144. The van der Waals surface area contributed by atoms with E-state index in [4.69, 9.17) is 20.2 Å². The molecular weight excluding hydrogens is 316 g/mol. The molecule has 0 heterocycles. The summed E-state index contributed by atoms with van der Waals surface area (Å²) in [6.45, 7) is 4.50. The average molecular weight is 335 g/mol. The van der Waals surface area contributed by atoms with Gasteiger partial charge in [0.15, 0.2) is 0 Å². The Bertz CT molecular complexity index is 595. The molecule has 21 heavy (non-hydrogen) atoms. The van der Waals surface area contributed by atoms with Crippen molar-refractivity contribution < 1.29 is 22.7 Å². The number of rotatable bonds is 7. The highest BCUT2D eigenvalue weighted by molar-refractivity contribution is 8.13. The predicted octanol–water partition coefficient (Wildman–Crippen LogP) is 2.96. The van der Waals surface area contributed by atoms with Crippen molar-refractivity contribution >= 4 is 25.7 Å². The highest BCUT2D eigenvalue weighted by Gasteiger charge is 2.17. The van der Waals surface area contributed by atoms with E-state index in [0.717, 1.165) is 6.42 Å². The molecule has 0 aromatic heterocycles. The maximum absolute atomic E-state index is 12.0. The van der Waals surface area contributed by atoms with Gasteiger partial charge < -0.3 is 9.47 Å². The highest BCUT2D eigenvalue weighted by atomic mass is 35.7. The second-order valence-corrected chi connectivity index (χ2v) is 7.62. The van der Waals surface area contributed by atoms with Crippen LogP contribution in [0.4, 0.5) is 0 Å². The van der Waals surface area contributed by atoms with Crippen molar-refractivity contribution in [2.75, 3.05) is 13.7 Å². The molecule has 0 aliphatic heterocycles. The van der Waals surface area contributed by atoms with Crippen LogP contribution in [0.3, 0.4) is 0 Å². The Morgan fingerprint density at radius 1 is 1.29 bits per heavy atom. The van der Waals surface area contributed by atoms with Crippen LogP contribution < -0.4 is 0 Å². The average Bonchev–Trinajstić information content (AvgIpc) is 2.37. The Balaban J connectivity index is 2.99. The van der Waals surface area contributed by atoms with Gasteiger partial charge in [0.25, 0.3) is 9.05 Å². The molecule has 1 aromatic rings. The lowest BCUT2D eigenvalue weighted by Crippen LogP contribution is -2.10. The van der Waals surface area contributed by atoms with Crippen LogP contribution in [-0.2, 0) is 25.1 Å². The quantitative estimate of drug-likeness (QED) is 0.566. The summed E-state index contributed by atoms with van der Waals surface area (Å²) in [6, 6.07) is 4.11. The second kappa shape index (κ2) is 7.77. The van der Waals surface area contributed by atoms with E-state index >= 15 is 0 Å². The molecule has 0 aliphatic carbocycles. The predicted molar refractivity (Wildman–Crippen MR) is 79.9 cm³/mol. The third-order valence-corrected chi connectivity index (χ3v) is 4.06. The number of benzene rings is 1. The lowest BCUT2D eigenvalue weighted by molar-refractivity contribution is 0.0487. The largest absolute Gasteiger partial charge is 0.462 e. The van der Waals surface area contributed by atoms with Crippen LogP contribution in [0.1, 0.15) is 36.2 Å². The first kappa shape index (κ1) is 17.9. The highest BCUT2D eigenvalue weighted by Crippen LogP contribution is 2.20. The Morgan fingerprint density at radius 3 is 2.48 bits per heavy atom. The minimum atomic E-state index is -3.92. The summed E-state index contributed by atoms with van der Waals surface area (Å²) >= 11 is 0. The number of halogens is 1. The van der Waals surface area contributed by atoms with Crippen molar-refractivity contribution in [1.82, 2.24) is 0 Å². The van der Waals surface area contributed by atoms with Crippen LogP contribution in [0.2, 0.25) is 0 Å². The van der Waals surface area contributed by atoms with Gasteiger partial charge in [-0.1, -0.05) is 13.8 Å². The van der Waals surface area contributed by atoms with Gasteiger partial charge in [-0.3, -0.25) is 0 Å². The lowest BCUT2D eigenvalue weighted by Gasteiger charge is -2.09. The molecule has 0 bridgehead atoms. The fourth-order valence-corrected chi connectivity index (χ4v) is 2.47. The molecule has 0 amide bonds. The number of hydrogen-bond acceptors (Lipinski definition) is 5. The molecule has 0 fully saturated rings. The normalized spacial score (nSPS) is 11.7. The summed E-state index contributed by atoms with van der Waals surface area (Å²) < 4.78 is 33.0. The Labute approximate surface area is 129 Å². The molecule has 0 radical (unpaired) electrons. The first-order valence-electron chi connectivity index (χ1n) is 6.48. The van der Waals surface area contributed by atoms with Crippen molar-refractivity contribution in [3.05, 3.63) is 29.3 Å². The van der Waals surface area contributed by atoms with Crippen LogP contribution in [0.5, 0.6) is 0 Å². The van der Waals surface area contributed by atoms with E-state index in [1.54, 1.807) is 0 Å². The maximum atomic E-state index is 12.0. The first-order valence-corrected chi connectivity index (χ1v) is 8.79. The molecule has 0 saturated carbocycles. The van der Waals surface area contributed by atoms with E-state index in [0.29, 0.717) is 11.5 Å². The van der Waals surface area contributed by atoms with Crippen LogP contribution in [0.25, 0.3) is 0 Å². The van der Waals surface area contributed by atoms with Gasteiger partial charge in [-0.2, -0.15) is 0 Å². The molecule has 0 spiro atoms. The van der Waals surface area contributed by atoms with Gasteiger partial charge in [0.05, 0.1) is 23.7 Å². The number of carbonyl (C=O) groups is 1. The van der Waals surface area contributed by atoms with Crippen molar-refractivity contribution in [2.24, 2.45) is 5.92 Å². The monoisotopic (exact) mass is 334 g/mol. The Hall–Kier alpha value is -1.11. The standard InChI is InChI=1S/C14H19ClO5S/c1-10(2)4-5-20-14(16)12-6-11(9-19-3)7-13(8-12)21(15,17)18/h6-8,10H,4-5,9H2,1-3H3. The molecule has 1 aromatic carbocycles. The molecular formula is C14H19ClO5S. The fraction of sp³-hybridized carbons (Fsp3) is 0.500. The molecule has 0 aliphatic rings. The summed E-state index contributed by atoms with van der Waals surface area (Å²) in [5.74, 6) is -0.161. The summed E-state index contributed by atoms with van der Waals surface area (Å²) in [5.41, 5.74) is 0.683. The lowest BCUT2D eigenvalue weighted by atomic mass is 10.1. The summed E-state index contributed by atoms with van der Waals surface area (Å²) in [4.78, 5) is 11.8. The van der Waals surface area contributed by atoms with Crippen LogP contribution >= 0.6 is 10.7 Å². The van der Waals surface area contributed by atoms with E-state index in [2.05, 4.69) is 0 Å². The van der Waals surface area contributed by atoms with E-state index in [9.17, 15) is 13.2 Å². The van der Waals surface area contributed by atoms with E-state index in [1.807, 2.05) is 13.8 Å². The van der Waals surface area contributed by atoms with Gasteiger partial charge in [-0.25, -0.2) is 13.2 Å². The molecule has 0 unspecified atom stereocenters. The van der Waals surface area contributed by atoms with Crippen molar-refractivity contribution in [2.45, 2.75) is 31.8 Å². The zero-order chi connectivity index (χ0) is 16.0. The fourth-order valence-electron chi connectivity index (χ4n) is 1.64. The zero-order valence-electron chi connectivity index (χ0n) is 12.3. The molecule has 7 heteroatoms. The summed E-state index contributed by atoms with van der Waals surface area (Å²) in [7, 11) is 2.88. The Kier molecular flexibility index (Phi) is 6.64. The van der Waals surface area contributed by atoms with Gasteiger partial charge in [-0.15, -0.1) is 0 Å². The molecule has 0 N–H and O–H groups in total.